The molecule has 0 bridgehead atoms. The first-order valence-electron chi connectivity index (χ1n) is 7.45. The summed E-state index contributed by atoms with van der Waals surface area (Å²) in [5.74, 6) is -1.26. The molecule has 3 rings (SSSR count). The second-order valence-electron chi connectivity index (χ2n) is 5.62. The molecule has 0 aliphatic carbocycles. The van der Waals surface area contributed by atoms with E-state index in [2.05, 4.69) is 5.32 Å². The summed E-state index contributed by atoms with van der Waals surface area (Å²) in [6.07, 6.45) is -0.0438. The molecule has 0 spiro atoms. The summed E-state index contributed by atoms with van der Waals surface area (Å²) in [4.78, 5) is 25.9. The lowest BCUT2D eigenvalue weighted by Crippen LogP contribution is -2.43. The first kappa shape index (κ1) is 15.7. The number of aliphatic hydroxyl groups is 1. The monoisotopic (exact) mass is 330 g/mol. The molecule has 1 aromatic heterocycles. The minimum absolute atomic E-state index is 0.0236. The highest BCUT2D eigenvalue weighted by atomic mass is 32.1. The van der Waals surface area contributed by atoms with Crippen molar-refractivity contribution in [3.63, 3.8) is 0 Å². The molecule has 1 aromatic carbocycles. The third-order valence-corrected chi connectivity index (χ3v) is 4.66. The van der Waals surface area contributed by atoms with E-state index in [1.54, 1.807) is 6.07 Å². The molecule has 5 nitrogen and oxygen atoms in total. The molecule has 1 atom stereocenters. The maximum absolute atomic E-state index is 12.4. The number of nitrogens with one attached hydrogen (secondary N) is 1. The Hall–Kier alpha value is -2.18. The number of carbonyl (C=O) groups is 2. The maximum atomic E-state index is 12.4. The molecule has 0 radical (unpaired) electrons. The summed E-state index contributed by atoms with van der Waals surface area (Å²) in [5.41, 5.74) is 3.68. The largest absolute Gasteiger partial charge is 0.387 e. The van der Waals surface area contributed by atoms with Crippen LogP contribution < -0.4 is 10.2 Å². The highest BCUT2D eigenvalue weighted by Crippen LogP contribution is 2.28. The maximum Gasteiger partial charge on any atom is 0.316 e. The molecule has 1 unspecified atom stereocenters. The average molecular weight is 330 g/mol. The standard InChI is InChI=1S/C17H18N2O3S/c1-11-2-3-12-4-6-19(14(12)8-11)17(22)16(21)18-9-15(20)13-5-7-23-10-13/h2-3,5,7-8,10,15,20H,4,6,9H2,1H3,(H,18,21). The smallest absolute Gasteiger partial charge is 0.316 e. The fourth-order valence-corrected chi connectivity index (χ4v) is 3.38. The second kappa shape index (κ2) is 6.52. The highest BCUT2D eigenvalue weighted by molar-refractivity contribution is 7.07. The summed E-state index contributed by atoms with van der Waals surface area (Å²) in [6.45, 7) is 2.49. The normalized spacial score (nSPS) is 14.4. The number of aliphatic hydroxyl groups excluding tert-OH is 1. The molecule has 1 aliphatic rings. The van der Waals surface area contributed by atoms with Gasteiger partial charge in [0.25, 0.3) is 0 Å². The van der Waals surface area contributed by atoms with Crippen molar-refractivity contribution >= 4 is 28.8 Å². The number of nitrogens with zero attached hydrogens (tertiary/aromatic N) is 1. The van der Waals surface area contributed by atoms with Gasteiger partial charge in [-0.15, -0.1) is 0 Å². The molecule has 0 saturated carbocycles. The van der Waals surface area contributed by atoms with Crippen molar-refractivity contribution in [2.24, 2.45) is 0 Å². The van der Waals surface area contributed by atoms with Gasteiger partial charge in [0.15, 0.2) is 0 Å². The fourth-order valence-electron chi connectivity index (χ4n) is 2.67. The third-order valence-electron chi connectivity index (χ3n) is 3.96. The van der Waals surface area contributed by atoms with E-state index in [-0.39, 0.29) is 6.54 Å². The van der Waals surface area contributed by atoms with E-state index in [0.717, 1.165) is 28.8 Å². The van der Waals surface area contributed by atoms with Gasteiger partial charge in [-0.2, -0.15) is 11.3 Å². The predicted molar refractivity (Wildman–Crippen MR) is 89.5 cm³/mol. The Morgan fingerprint density at radius 2 is 2.22 bits per heavy atom. The second-order valence-corrected chi connectivity index (χ2v) is 6.40. The molecule has 2 amide bonds. The average Bonchev–Trinajstić information content (AvgIpc) is 3.20. The minimum Gasteiger partial charge on any atom is -0.387 e. The number of benzene rings is 1. The van der Waals surface area contributed by atoms with Crippen molar-refractivity contribution in [1.82, 2.24) is 5.32 Å². The lowest BCUT2D eigenvalue weighted by atomic mass is 10.1. The van der Waals surface area contributed by atoms with Crippen LogP contribution in [0.4, 0.5) is 5.69 Å². The van der Waals surface area contributed by atoms with E-state index in [0.29, 0.717) is 6.54 Å². The predicted octanol–water partition coefficient (Wildman–Crippen LogP) is 1.80. The van der Waals surface area contributed by atoms with Crippen LogP contribution in [0.3, 0.4) is 0 Å². The van der Waals surface area contributed by atoms with E-state index in [1.165, 1.54) is 16.2 Å². The van der Waals surface area contributed by atoms with E-state index in [4.69, 9.17) is 0 Å². The van der Waals surface area contributed by atoms with Gasteiger partial charge >= 0.3 is 11.8 Å². The van der Waals surface area contributed by atoms with Gasteiger partial charge in [0.05, 0.1) is 6.10 Å². The van der Waals surface area contributed by atoms with Crippen molar-refractivity contribution in [3.05, 3.63) is 51.7 Å². The number of carbonyl (C=O) groups excluding carboxylic acids is 2. The molecule has 2 aromatic rings. The van der Waals surface area contributed by atoms with E-state index < -0.39 is 17.9 Å². The SMILES string of the molecule is Cc1ccc2c(c1)N(C(=O)C(=O)NCC(O)c1ccsc1)CC2. The number of amides is 2. The molecule has 23 heavy (non-hydrogen) atoms. The Morgan fingerprint density at radius 3 is 2.96 bits per heavy atom. The highest BCUT2D eigenvalue weighted by Gasteiger charge is 2.29. The van der Waals surface area contributed by atoms with Gasteiger partial charge in [-0.05, 0) is 52.9 Å². The quantitative estimate of drug-likeness (QED) is 0.843. The molecular weight excluding hydrogens is 312 g/mol. The Balaban J connectivity index is 1.63. The summed E-state index contributed by atoms with van der Waals surface area (Å²) in [7, 11) is 0. The molecule has 120 valence electrons. The molecule has 0 fully saturated rings. The molecule has 2 N–H and O–H groups in total. The molecular formula is C17H18N2O3S. The van der Waals surface area contributed by atoms with Crippen LogP contribution in [0.2, 0.25) is 0 Å². The van der Waals surface area contributed by atoms with Crippen LogP contribution in [-0.2, 0) is 16.0 Å². The van der Waals surface area contributed by atoms with Gasteiger partial charge in [0, 0.05) is 18.8 Å². The number of hydrogen-bond acceptors (Lipinski definition) is 4. The first-order chi connectivity index (χ1) is 11.1. The van der Waals surface area contributed by atoms with Crippen molar-refractivity contribution in [3.8, 4) is 0 Å². The third kappa shape index (κ3) is 3.28. The molecule has 0 saturated heterocycles. The van der Waals surface area contributed by atoms with E-state index in [1.807, 2.05) is 35.9 Å². The van der Waals surface area contributed by atoms with Crippen LogP contribution >= 0.6 is 11.3 Å². The van der Waals surface area contributed by atoms with Crippen molar-refractivity contribution in [2.75, 3.05) is 18.0 Å². The lowest BCUT2D eigenvalue weighted by Gasteiger charge is -2.18. The van der Waals surface area contributed by atoms with Crippen LogP contribution in [-0.4, -0.2) is 30.0 Å². The van der Waals surface area contributed by atoms with Gasteiger partial charge in [0.1, 0.15) is 0 Å². The fraction of sp³-hybridized carbons (Fsp3) is 0.294. The Labute approximate surface area is 138 Å². The summed E-state index contributed by atoms with van der Waals surface area (Å²) in [6, 6.07) is 7.72. The van der Waals surface area contributed by atoms with Crippen molar-refractivity contribution < 1.29 is 14.7 Å². The number of rotatable bonds is 3. The van der Waals surface area contributed by atoms with Crippen molar-refractivity contribution in [1.29, 1.82) is 0 Å². The summed E-state index contributed by atoms with van der Waals surface area (Å²) in [5, 5.41) is 16.2. The number of thiophene rings is 1. The van der Waals surface area contributed by atoms with E-state index >= 15 is 0 Å². The van der Waals surface area contributed by atoms with Gasteiger partial charge in [-0.3, -0.25) is 9.59 Å². The topological polar surface area (TPSA) is 69.6 Å². The van der Waals surface area contributed by atoms with Gasteiger partial charge in [-0.25, -0.2) is 0 Å². The number of anilines is 1. The van der Waals surface area contributed by atoms with Crippen LogP contribution in [0, 0.1) is 6.92 Å². The number of fused-ring (bicyclic) bond motifs is 1. The zero-order chi connectivity index (χ0) is 16.4. The first-order valence-corrected chi connectivity index (χ1v) is 8.40. The van der Waals surface area contributed by atoms with E-state index in [9.17, 15) is 14.7 Å². The molecule has 6 heteroatoms. The van der Waals surface area contributed by atoms with Gasteiger partial charge in [-0.1, -0.05) is 12.1 Å². The summed E-state index contributed by atoms with van der Waals surface area (Å²) < 4.78 is 0. The minimum atomic E-state index is -0.800. The van der Waals surface area contributed by atoms with Crippen molar-refractivity contribution in [2.45, 2.75) is 19.4 Å². The summed E-state index contributed by atoms with van der Waals surface area (Å²) >= 11 is 1.47. The number of hydrogen-bond donors (Lipinski definition) is 2. The van der Waals surface area contributed by atoms with Crippen LogP contribution in [0.5, 0.6) is 0 Å². The van der Waals surface area contributed by atoms with Gasteiger partial charge < -0.3 is 15.3 Å². The zero-order valence-corrected chi connectivity index (χ0v) is 13.6. The van der Waals surface area contributed by atoms with Gasteiger partial charge in [0.2, 0.25) is 0 Å². The zero-order valence-electron chi connectivity index (χ0n) is 12.8. The lowest BCUT2D eigenvalue weighted by molar-refractivity contribution is -0.137. The van der Waals surface area contributed by atoms with Crippen LogP contribution in [0.1, 0.15) is 22.8 Å². The Kier molecular flexibility index (Phi) is 4.45. The van der Waals surface area contributed by atoms with Crippen LogP contribution in [0.25, 0.3) is 0 Å². The number of aryl methyl sites for hydroxylation is 1. The molecule has 1 aliphatic heterocycles. The Bertz CT molecular complexity index is 727. The molecule has 2 heterocycles. The Morgan fingerprint density at radius 1 is 1.39 bits per heavy atom. The van der Waals surface area contributed by atoms with Crippen LogP contribution in [0.15, 0.2) is 35.0 Å².